The van der Waals surface area contributed by atoms with Crippen LogP contribution in [-0.4, -0.2) is 33.3 Å². The van der Waals surface area contributed by atoms with Gasteiger partial charge in [-0.05, 0) is 18.7 Å². The van der Waals surface area contributed by atoms with Crippen molar-refractivity contribution in [2.75, 3.05) is 18.6 Å². The SMILES string of the molecule is CSCCn1cnc(CNCC(C)C)n1. The molecule has 0 aliphatic carbocycles. The highest BCUT2D eigenvalue weighted by atomic mass is 32.2. The molecule has 1 aromatic rings. The maximum absolute atomic E-state index is 4.37. The molecule has 0 radical (unpaired) electrons. The quantitative estimate of drug-likeness (QED) is 0.766. The van der Waals surface area contributed by atoms with Gasteiger partial charge in [0.25, 0.3) is 0 Å². The number of rotatable bonds is 7. The van der Waals surface area contributed by atoms with Crippen molar-refractivity contribution in [2.24, 2.45) is 5.92 Å². The van der Waals surface area contributed by atoms with E-state index in [0.29, 0.717) is 5.92 Å². The first-order chi connectivity index (χ1) is 7.22. The molecule has 0 bridgehead atoms. The predicted octanol–water partition coefficient (Wildman–Crippen LogP) is 1.39. The minimum atomic E-state index is 0.670. The molecule has 0 atom stereocenters. The molecule has 15 heavy (non-hydrogen) atoms. The van der Waals surface area contributed by atoms with Crippen LogP contribution in [0.4, 0.5) is 0 Å². The Kier molecular flexibility index (Phi) is 5.71. The van der Waals surface area contributed by atoms with Crippen molar-refractivity contribution in [3.63, 3.8) is 0 Å². The van der Waals surface area contributed by atoms with E-state index in [9.17, 15) is 0 Å². The van der Waals surface area contributed by atoms with Gasteiger partial charge in [0.2, 0.25) is 0 Å². The van der Waals surface area contributed by atoms with Crippen LogP contribution in [0.5, 0.6) is 0 Å². The lowest BCUT2D eigenvalue weighted by molar-refractivity contribution is 0.539. The molecular weight excluding hydrogens is 208 g/mol. The molecule has 1 N–H and O–H groups in total. The third-order valence-electron chi connectivity index (χ3n) is 1.94. The highest BCUT2D eigenvalue weighted by molar-refractivity contribution is 7.98. The number of hydrogen-bond acceptors (Lipinski definition) is 4. The summed E-state index contributed by atoms with van der Waals surface area (Å²) in [4.78, 5) is 4.25. The van der Waals surface area contributed by atoms with E-state index in [0.717, 1.165) is 31.2 Å². The van der Waals surface area contributed by atoms with Gasteiger partial charge in [-0.3, -0.25) is 4.68 Å². The molecule has 1 aromatic heterocycles. The molecule has 0 aromatic carbocycles. The van der Waals surface area contributed by atoms with E-state index in [1.165, 1.54) is 0 Å². The zero-order valence-electron chi connectivity index (χ0n) is 9.73. The highest BCUT2D eigenvalue weighted by Gasteiger charge is 2.00. The average molecular weight is 228 g/mol. The first-order valence-corrected chi connectivity index (χ1v) is 6.69. The van der Waals surface area contributed by atoms with Crippen LogP contribution in [0, 0.1) is 5.92 Å². The summed E-state index contributed by atoms with van der Waals surface area (Å²) in [5.41, 5.74) is 0. The van der Waals surface area contributed by atoms with Gasteiger partial charge >= 0.3 is 0 Å². The van der Waals surface area contributed by atoms with Crippen molar-refractivity contribution in [1.82, 2.24) is 20.1 Å². The number of aromatic nitrogens is 3. The van der Waals surface area contributed by atoms with Crippen molar-refractivity contribution in [3.05, 3.63) is 12.2 Å². The first kappa shape index (κ1) is 12.5. The van der Waals surface area contributed by atoms with Crippen LogP contribution in [-0.2, 0) is 13.1 Å². The molecule has 0 aliphatic rings. The van der Waals surface area contributed by atoms with Gasteiger partial charge in [-0.2, -0.15) is 16.9 Å². The Labute approximate surface area is 95.9 Å². The van der Waals surface area contributed by atoms with Gasteiger partial charge in [0, 0.05) is 5.75 Å². The Balaban J connectivity index is 2.26. The van der Waals surface area contributed by atoms with E-state index in [2.05, 4.69) is 35.5 Å². The molecule has 1 heterocycles. The molecule has 0 amide bonds. The number of thioether (sulfide) groups is 1. The van der Waals surface area contributed by atoms with E-state index in [1.807, 2.05) is 22.8 Å². The van der Waals surface area contributed by atoms with Crippen molar-refractivity contribution in [2.45, 2.75) is 26.9 Å². The number of nitrogens with zero attached hydrogens (tertiary/aromatic N) is 3. The minimum absolute atomic E-state index is 0.670. The van der Waals surface area contributed by atoms with Crippen LogP contribution in [0.25, 0.3) is 0 Å². The Morgan fingerprint density at radius 3 is 3.00 bits per heavy atom. The third-order valence-corrected chi connectivity index (χ3v) is 2.53. The Morgan fingerprint density at radius 1 is 1.53 bits per heavy atom. The molecule has 0 aliphatic heterocycles. The average Bonchev–Trinajstić information content (AvgIpc) is 2.62. The topological polar surface area (TPSA) is 42.7 Å². The third kappa shape index (κ3) is 5.18. The fourth-order valence-corrected chi connectivity index (χ4v) is 1.55. The standard InChI is InChI=1S/C10H20N4S/c1-9(2)6-11-7-10-12-8-14(13-10)4-5-15-3/h8-9,11H,4-7H2,1-3H3. The second-order valence-corrected chi connectivity index (χ2v) is 4.93. The van der Waals surface area contributed by atoms with E-state index in [4.69, 9.17) is 0 Å². The molecule has 4 nitrogen and oxygen atoms in total. The molecule has 86 valence electrons. The zero-order chi connectivity index (χ0) is 11.1. The van der Waals surface area contributed by atoms with Crippen LogP contribution in [0.1, 0.15) is 19.7 Å². The normalized spacial score (nSPS) is 11.2. The summed E-state index contributed by atoms with van der Waals surface area (Å²) in [5, 5.41) is 7.70. The Bertz CT molecular complexity index is 272. The molecule has 0 spiro atoms. The summed E-state index contributed by atoms with van der Waals surface area (Å²) in [6.45, 7) is 7.11. The maximum Gasteiger partial charge on any atom is 0.164 e. The molecule has 0 saturated heterocycles. The molecular formula is C10H20N4S. The second kappa shape index (κ2) is 6.85. The van der Waals surface area contributed by atoms with Gasteiger partial charge in [0.15, 0.2) is 5.82 Å². The largest absolute Gasteiger partial charge is 0.310 e. The van der Waals surface area contributed by atoms with Gasteiger partial charge in [0.1, 0.15) is 6.33 Å². The highest BCUT2D eigenvalue weighted by Crippen LogP contribution is 1.96. The van der Waals surface area contributed by atoms with Crippen LogP contribution < -0.4 is 5.32 Å². The van der Waals surface area contributed by atoms with Gasteiger partial charge in [0.05, 0.1) is 13.1 Å². The lowest BCUT2D eigenvalue weighted by Crippen LogP contribution is -2.19. The van der Waals surface area contributed by atoms with E-state index >= 15 is 0 Å². The van der Waals surface area contributed by atoms with E-state index in [1.54, 1.807) is 0 Å². The molecule has 5 heteroatoms. The number of hydrogen-bond donors (Lipinski definition) is 1. The van der Waals surface area contributed by atoms with Crippen molar-refractivity contribution >= 4 is 11.8 Å². The summed E-state index contributed by atoms with van der Waals surface area (Å²) in [6, 6.07) is 0. The summed E-state index contributed by atoms with van der Waals surface area (Å²) in [5.74, 6) is 2.64. The van der Waals surface area contributed by atoms with Crippen LogP contribution in [0.2, 0.25) is 0 Å². The summed E-state index contributed by atoms with van der Waals surface area (Å²) in [7, 11) is 0. The predicted molar refractivity (Wildman–Crippen MR) is 64.9 cm³/mol. The van der Waals surface area contributed by atoms with Gasteiger partial charge < -0.3 is 5.32 Å². The van der Waals surface area contributed by atoms with E-state index < -0.39 is 0 Å². The monoisotopic (exact) mass is 228 g/mol. The molecule has 1 rings (SSSR count). The minimum Gasteiger partial charge on any atom is -0.310 e. The lowest BCUT2D eigenvalue weighted by Gasteiger charge is -2.04. The van der Waals surface area contributed by atoms with Gasteiger partial charge in [-0.1, -0.05) is 13.8 Å². The summed E-state index contributed by atoms with van der Waals surface area (Å²) in [6.07, 6.45) is 3.91. The van der Waals surface area contributed by atoms with Crippen LogP contribution in [0.3, 0.4) is 0 Å². The molecule has 0 fully saturated rings. The maximum atomic E-state index is 4.37. The summed E-state index contributed by atoms with van der Waals surface area (Å²) >= 11 is 1.82. The Morgan fingerprint density at radius 2 is 2.33 bits per heavy atom. The van der Waals surface area contributed by atoms with Crippen molar-refractivity contribution in [3.8, 4) is 0 Å². The van der Waals surface area contributed by atoms with Gasteiger partial charge in [-0.25, -0.2) is 4.98 Å². The van der Waals surface area contributed by atoms with Crippen molar-refractivity contribution < 1.29 is 0 Å². The fourth-order valence-electron chi connectivity index (χ4n) is 1.18. The second-order valence-electron chi connectivity index (χ2n) is 3.94. The lowest BCUT2D eigenvalue weighted by atomic mass is 10.2. The Hall–Kier alpha value is -0.550. The number of nitrogens with one attached hydrogen (secondary N) is 1. The summed E-state index contributed by atoms with van der Waals surface area (Å²) < 4.78 is 1.91. The van der Waals surface area contributed by atoms with E-state index in [-0.39, 0.29) is 0 Å². The smallest absolute Gasteiger partial charge is 0.164 e. The molecule has 0 saturated carbocycles. The van der Waals surface area contributed by atoms with Gasteiger partial charge in [-0.15, -0.1) is 0 Å². The number of aryl methyl sites for hydroxylation is 1. The molecule has 0 unspecified atom stereocenters. The first-order valence-electron chi connectivity index (χ1n) is 5.30. The van der Waals surface area contributed by atoms with Crippen LogP contribution in [0.15, 0.2) is 6.33 Å². The fraction of sp³-hybridized carbons (Fsp3) is 0.800. The van der Waals surface area contributed by atoms with Crippen molar-refractivity contribution in [1.29, 1.82) is 0 Å². The van der Waals surface area contributed by atoms with Crippen LogP contribution >= 0.6 is 11.8 Å². The zero-order valence-corrected chi connectivity index (χ0v) is 10.5.